The number of imidazole rings is 1. The molecule has 1 aromatic carbocycles. The summed E-state index contributed by atoms with van der Waals surface area (Å²) in [7, 11) is 4.16. The molecule has 2 aromatic rings. The molecule has 0 bridgehead atoms. The number of anilines is 1. The lowest BCUT2D eigenvalue weighted by Gasteiger charge is -2.32. The van der Waals surface area contributed by atoms with Gasteiger partial charge in [0.1, 0.15) is 0 Å². The summed E-state index contributed by atoms with van der Waals surface area (Å²) in [5, 5.41) is 3.25. The van der Waals surface area contributed by atoms with Crippen molar-refractivity contribution in [3.8, 4) is 0 Å². The van der Waals surface area contributed by atoms with E-state index < -0.39 is 0 Å². The lowest BCUT2D eigenvalue weighted by Crippen LogP contribution is -2.36. The van der Waals surface area contributed by atoms with Gasteiger partial charge in [0.15, 0.2) is 0 Å². The molecule has 3 rings (SSSR count). The number of hydrogen-bond acceptors (Lipinski definition) is 3. The molecule has 2 heterocycles. The Kier molecular flexibility index (Phi) is 3.92. The van der Waals surface area contributed by atoms with E-state index in [-0.39, 0.29) is 0 Å². The minimum atomic E-state index is 0.869. The third kappa shape index (κ3) is 2.52. The summed E-state index contributed by atoms with van der Waals surface area (Å²) in [5.74, 6) is 1.99. The van der Waals surface area contributed by atoms with Crippen molar-refractivity contribution in [1.29, 1.82) is 0 Å². The average molecular weight is 272 g/mol. The van der Waals surface area contributed by atoms with E-state index in [0.717, 1.165) is 37.0 Å². The van der Waals surface area contributed by atoms with Crippen LogP contribution in [0.5, 0.6) is 0 Å². The predicted molar refractivity (Wildman–Crippen MR) is 84.2 cm³/mol. The van der Waals surface area contributed by atoms with Crippen LogP contribution in [-0.4, -0.2) is 36.2 Å². The van der Waals surface area contributed by atoms with E-state index in [1.807, 2.05) is 7.05 Å². The zero-order valence-electron chi connectivity index (χ0n) is 12.5. The van der Waals surface area contributed by atoms with Crippen LogP contribution >= 0.6 is 0 Å². The maximum Gasteiger partial charge on any atom is 0.206 e. The van der Waals surface area contributed by atoms with Crippen molar-refractivity contribution in [2.75, 3.05) is 31.6 Å². The van der Waals surface area contributed by atoms with Gasteiger partial charge in [-0.05, 0) is 50.9 Å². The van der Waals surface area contributed by atoms with Gasteiger partial charge in [0.2, 0.25) is 5.95 Å². The lowest BCUT2D eigenvalue weighted by atomic mass is 9.94. The van der Waals surface area contributed by atoms with Gasteiger partial charge in [0.25, 0.3) is 0 Å². The Morgan fingerprint density at radius 1 is 1.25 bits per heavy atom. The van der Waals surface area contributed by atoms with Crippen LogP contribution in [0.2, 0.25) is 0 Å². The zero-order valence-corrected chi connectivity index (χ0v) is 12.5. The van der Waals surface area contributed by atoms with Crippen LogP contribution in [0.25, 0.3) is 11.0 Å². The van der Waals surface area contributed by atoms with Crippen molar-refractivity contribution in [3.05, 3.63) is 24.3 Å². The van der Waals surface area contributed by atoms with Gasteiger partial charge in [-0.3, -0.25) is 0 Å². The molecule has 0 saturated carbocycles. The van der Waals surface area contributed by atoms with Crippen LogP contribution in [0.15, 0.2) is 24.3 Å². The highest BCUT2D eigenvalue weighted by Gasteiger charge is 2.22. The van der Waals surface area contributed by atoms with Gasteiger partial charge in [-0.2, -0.15) is 0 Å². The largest absolute Gasteiger partial charge is 0.342 e. The summed E-state index contributed by atoms with van der Waals surface area (Å²) in [4.78, 5) is 7.24. The standard InChI is InChI=1S/C16H24N4/c1-17-10-7-13-8-11-20(12-9-13)16-18-14-5-3-4-6-15(14)19(16)2/h3-6,13,17H,7-12H2,1-2H3. The van der Waals surface area contributed by atoms with Crippen LogP contribution < -0.4 is 10.2 Å². The predicted octanol–water partition coefficient (Wildman–Crippen LogP) is 2.40. The molecule has 0 radical (unpaired) electrons. The molecule has 1 aliphatic rings. The summed E-state index contributed by atoms with van der Waals surface area (Å²) in [6, 6.07) is 8.38. The molecular weight excluding hydrogens is 248 g/mol. The first-order valence-corrected chi connectivity index (χ1v) is 7.60. The summed E-state index contributed by atoms with van der Waals surface area (Å²) in [6.07, 6.45) is 3.86. The average Bonchev–Trinajstić information content (AvgIpc) is 2.83. The fourth-order valence-electron chi connectivity index (χ4n) is 3.19. The van der Waals surface area contributed by atoms with E-state index in [2.05, 4.69) is 46.1 Å². The molecule has 0 unspecified atom stereocenters. The number of benzene rings is 1. The van der Waals surface area contributed by atoms with Gasteiger partial charge in [0, 0.05) is 20.1 Å². The van der Waals surface area contributed by atoms with Gasteiger partial charge in [-0.25, -0.2) is 4.98 Å². The number of aryl methyl sites for hydroxylation is 1. The fourth-order valence-corrected chi connectivity index (χ4v) is 3.19. The number of rotatable bonds is 4. The van der Waals surface area contributed by atoms with Gasteiger partial charge in [0.05, 0.1) is 11.0 Å². The van der Waals surface area contributed by atoms with Crippen molar-refractivity contribution >= 4 is 17.0 Å². The van der Waals surface area contributed by atoms with Crippen LogP contribution in [0.3, 0.4) is 0 Å². The number of hydrogen-bond donors (Lipinski definition) is 1. The van der Waals surface area contributed by atoms with Crippen LogP contribution in [-0.2, 0) is 7.05 Å². The van der Waals surface area contributed by atoms with E-state index in [9.17, 15) is 0 Å². The Bertz CT molecular complexity index is 567. The first kappa shape index (κ1) is 13.4. The second-order valence-corrected chi connectivity index (χ2v) is 5.78. The summed E-state index contributed by atoms with van der Waals surface area (Å²) in [5.41, 5.74) is 2.32. The smallest absolute Gasteiger partial charge is 0.206 e. The third-order valence-electron chi connectivity index (χ3n) is 4.46. The van der Waals surface area contributed by atoms with E-state index >= 15 is 0 Å². The topological polar surface area (TPSA) is 33.1 Å². The molecule has 1 fully saturated rings. The van der Waals surface area contributed by atoms with E-state index in [1.165, 1.54) is 24.8 Å². The molecule has 0 amide bonds. The van der Waals surface area contributed by atoms with Crippen molar-refractivity contribution in [1.82, 2.24) is 14.9 Å². The monoisotopic (exact) mass is 272 g/mol. The first-order valence-electron chi connectivity index (χ1n) is 7.60. The maximum absolute atomic E-state index is 4.80. The van der Waals surface area contributed by atoms with Gasteiger partial charge >= 0.3 is 0 Å². The molecule has 4 nitrogen and oxygen atoms in total. The van der Waals surface area contributed by atoms with Crippen LogP contribution in [0.4, 0.5) is 5.95 Å². The molecule has 0 spiro atoms. The van der Waals surface area contributed by atoms with Crippen molar-refractivity contribution in [2.24, 2.45) is 13.0 Å². The molecule has 0 aliphatic carbocycles. The maximum atomic E-state index is 4.80. The van der Waals surface area contributed by atoms with Gasteiger partial charge in [-0.15, -0.1) is 0 Å². The van der Waals surface area contributed by atoms with Crippen molar-refractivity contribution in [2.45, 2.75) is 19.3 Å². The fraction of sp³-hybridized carbons (Fsp3) is 0.562. The molecule has 1 aliphatic heterocycles. The van der Waals surface area contributed by atoms with E-state index in [0.29, 0.717) is 0 Å². The van der Waals surface area contributed by atoms with Crippen molar-refractivity contribution in [3.63, 3.8) is 0 Å². The van der Waals surface area contributed by atoms with Gasteiger partial charge in [-0.1, -0.05) is 12.1 Å². The summed E-state index contributed by atoms with van der Waals surface area (Å²) < 4.78 is 2.23. The van der Waals surface area contributed by atoms with E-state index in [4.69, 9.17) is 4.98 Å². The number of piperidine rings is 1. The Hall–Kier alpha value is -1.55. The van der Waals surface area contributed by atoms with Gasteiger partial charge < -0.3 is 14.8 Å². The first-order chi connectivity index (χ1) is 9.79. The second-order valence-electron chi connectivity index (χ2n) is 5.78. The summed E-state index contributed by atoms with van der Waals surface area (Å²) >= 11 is 0. The Labute approximate surface area is 120 Å². The Morgan fingerprint density at radius 2 is 2.00 bits per heavy atom. The quantitative estimate of drug-likeness (QED) is 0.928. The molecule has 1 saturated heterocycles. The molecular formula is C16H24N4. The zero-order chi connectivity index (χ0) is 13.9. The van der Waals surface area contributed by atoms with E-state index in [1.54, 1.807) is 0 Å². The number of nitrogens with one attached hydrogen (secondary N) is 1. The molecule has 4 heteroatoms. The second kappa shape index (κ2) is 5.83. The molecule has 1 aromatic heterocycles. The SMILES string of the molecule is CNCCC1CCN(c2nc3ccccc3n2C)CC1. The number of fused-ring (bicyclic) bond motifs is 1. The highest BCUT2D eigenvalue weighted by atomic mass is 15.3. The lowest BCUT2D eigenvalue weighted by molar-refractivity contribution is 0.375. The number of nitrogens with zero attached hydrogens (tertiary/aromatic N) is 3. The third-order valence-corrected chi connectivity index (χ3v) is 4.46. The van der Waals surface area contributed by atoms with Crippen LogP contribution in [0, 0.1) is 5.92 Å². The molecule has 0 atom stereocenters. The highest BCUT2D eigenvalue weighted by Crippen LogP contribution is 2.26. The van der Waals surface area contributed by atoms with Crippen molar-refractivity contribution < 1.29 is 0 Å². The normalized spacial score (nSPS) is 17.0. The molecule has 108 valence electrons. The van der Waals surface area contributed by atoms with Crippen LogP contribution in [0.1, 0.15) is 19.3 Å². The summed E-state index contributed by atoms with van der Waals surface area (Å²) in [6.45, 7) is 3.40. The molecule has 20 heavy (non-hydrogen) atoms. The minimum Gasteiger partial charge on any atom is -0.342 e. The number of aromatic nitrogens is 2. The number of para-hydroxylation sites is 2. The molecule has 1 N–H and O–H groups in total. The highest BCUT2D eigenvalue weighted by molar-refractivity contribution is 5.78. The Balaban J connectivity index is 1.72. The minimum absolute atomic E-state index is 0.869. The Morgan fingerprint density at radius 3 is 2.70 bits per heavy atom.